The third-order valence-corrected chi connectivity index (χ3v) is 26.7. The molecule has 3 aliphatic rings. The maximum absolute atomic E-state index is 5.19. The van der Waals surface area contributed by atoms with Crippen LogP contribution in [0.25, 0.3) is 231 Å². The number of para-hydroxylation sites is 6. The van der Waals surface area contributed by atoms with Gasteiger partial charge in [0, 0.05) is 131 Å². The van der Waals surface area contributed by atoms with Crippen LogP contribution in [0, 0.1) is 0 Å². The average molecular weight is 1570 g/mol. The molecule has 0 bridgehead atoms. The van der Waals surface area contributed by atoms with Crippen LogP contribution in [0.4, 0.5) is 0 Å². The maximum atomic E-state index is 5.19. The van der Waals surface area contributed by atoms with Crippen LogP contribution in [-0.4, -0.2) is 71.8 Å². The molecule has 0 atom stereocenters. The molecule has 0 unspecified atom stereocenters. The Morgan fingerprint density at radius 2 is 0.577 bits per heavy atom. The van der Waals surface area contributed by atoms with Gasteiger partial charge in [0.2, 0.25) is 0 Å². The number of imidazole rings is 3. The molecule has 0 amide bonds. The fourth-order valence-corrected chi connectivity index (χ4v) is 21.7. The molecule has 570 valence electrons. The Labute approximate surface area is 698 Å². The summed E-state index contributed by atoms with van der Waals surface area (Å²) in [6.07, 6.45) is 25.2. The van der Waals surface area contributed by atoms with Crippen molar-refractivity contribution in [1.82, 2.24) is 71.8 Å². The molecule has 3 aliphatic carbocycles. The lowest BCUT2D eigenvalue weighted by Crippen LogP contribution is -1.96. The summed E-state index contributed by atoms with van der Waals surface area (Å²) in [7, 11) is 0. The molecule has 15 heteroatoms. The first kappa shape index (κ1) is 66.4. The molecule has 0 saturated carbocycles. The highest BCUT2D eigenvalue weighted by molar-refractivity contribution is 6.24. The minimum atomic E-state index is 0.857. The van der Waals surface area contributed by atoms with E-state index in [-0.39, 0.29) is 0 Å². The number of fused-ring (bicyclic) bond motifs is 47. The molecule has 15 nitrogen and oxygen atoms in total. The molecule has 12 aromatic carbocycles. The van der Waals surface area contributed by atoms with E-state index in [4.69, 9.17) is 15.0 Å². The molecule has 0 saturated heterocycles. The highest BCUT2D eigenvalue weighted by Gasteiger charge is 2.33. The fourth-order valence-electron chi connectivity index (χ4n) is 21.7. The van der Waals surface area contributed by atoms with E-state index in [9.17, 15) is 0 Å². The molecular formula is C108H63N15. The van der Waals surface area contributed by atoms with Crippen molar-refractivity contribution in [2.24, 2.45) is 0 Å². The van der Waals surface area contributed by atoms with Gasteiger partial charge in [-0.15, -0.1) is 0 Å². The predicted octanol–water partition coefficient (Wildman–Crippen LogP) is 24.8. The molecule has 123 heavy (non-hydrogen) atoms. The molecule has 30 rings (SSSR count). The first-order valence-electron chi connectivity index (χ1n) is 41.7. The monoisotopic (exact) mass is 1570 g/mol. The van der Waals surface area contributed by atoms with E-state index in [1.54, 1.807) is 0 Å². The number of hydrogen-bond donors (Lipinski definition) is 0. The average Bonchev–Trinajstić information content (AvgIpc) is 1.55. The summed E-state index contributed by atoms with van der Waals surface area (Å²) in [6.45, 7) is 0. The topological polar surface area (TPSA) is 144 Å². The Balaban J connectivity index is 0.0000000946. The Kier molecular flexibility index (Phi) is 13.5. The summed E-state index contributed by atoms with van der Waals surface area (Å²) < 4.78 is 14.0. The zero-order valence-corrected chi connectivity index (χ0v) is 65.7. The van der Waals surface area contributed by atoms with Gasteiger partial charge in [0.25, 0.3) is 0 Å². The zero-order chi connectivity index (χ0) is 80.0. The first-order valence-corrected chi connectivity index (χ1v) is 41.7. The van der Waals surface area contributed by atoms with Gasteiger partial charge in [0.1, 0.15) is 16.9 Å². The minimum absolute atomic E-state index is 0.857. The van der Waals surface area contributed by atoms with Crippen molar-refractivity contribution in [1.29, 1.82) is 0 Å². The highest BCUT2D eigenvalue weighted by Crippen LogP contribution is 2.53. The summed E-state index contributed by atoms with van der Waals surface area (Å²) in [6, 6.07) is 98.6. The number of nitrogens with zero attached hydrogens (tertiary/aromatic N) is 15. The number of aromatic nitrogens is 15. The van der Waals surface area contributed by atoms with E-state index < -0.39 is 0 Å². The van der Waals surface area contributed by atoms with Crippen molar-refractivity contribution in [2.75, 3.05) is 0 Å². The normalized spacial score (nSPS) is 12.8. The fraction of sp³-hybridized carbons (Fsp3) is 0.0278. The second-order valence-corrected chi connectivity index (χ2v) is 32.7. The molecule has 27 aromatic rings. The second-order valence-electron chi connectivity index (χ2n) is 32.7. The van der Waals surface area contributed by atoms with Crippen LogP contribution in [0.3, 0.4) is 0 Å². The summed E-state index contributed by atoms with van der Waals surface area (Å²) in [5.41, 5.74) is 38.8. The lowest BCUT2D eigenvalue weighted by molar-refractivity contribution is 1.18. The SMILES string of the molecule is c1ccc(-n2c3ccccc3c3c4c(ccc32)-c2ccc3c5ccncc5n5c6cnccc6nc5c3c2C4)cc1.c1ccc(-n2c3ccccc3c3cc4c(cc32)-c2ccc3c5ccncc5n5c6cnccc6nc5c3c2C4)cc1.c1ccc(-n2c3ccccc3c3ccc4c(c32)-c2ccc3c5ccncc5n5c6cnccc6nc5c3c2C4)cc1. The van der Waals surface area contributed by atoms with Crippen molar-refractivity contribution in [2.45, 2.75) is 19.3 Å². The molecule has 15 aromatic heterocycles. The number of hydrogen-bond acceptors (Lipinski definition) is 9. The van der Waals surface area contributed by atoms with Crippen molar-refractivity contribution in [3.63, 3.8) is 0 Å². The van der Waals surface area contributed by atoms with Gasteiger partial charge in [-0.1, -0.05) is 164 Å². The van der Waals surface area contributed by atoms with Crippen molar-refractivity contribution in [3.05, 3.63) is 381 Å². The van der Waals surface area contributed by atoms with E-state index in [0.29, 0.717) is 0 Å². The highest BCUT2D eigenvalue weighted by atomic mass is 15.1. The van der Waals surface area contributed by atoms with Gasteiger partial charge in [-0.25, -0.2) is 15.0 Å². The maximum Gasteiger partial charge on any atom is 0.146 e. The molecular weight excluding hydrogens is 1510 g/mol. The number of rotatable bonds is 3. The number of pyridine rings is 9. The van der Waals surface area contributed by atoms with Crippen LogP contribution in [0.2, 0.25) is 0 Å². The molecule has 0 radical (unpaired) electrons. The quantitative estimate of drug-likeness (QED) is 0.158. The summed E-state index contributed by atoms with van der Waals surface area (Å²) >= 11 is 0. The van der Waals surface area contributed by atoms with E-state index in [2.05, 4.69) is 312 Å². The first-order chi connectivity index (χ1) is 61.1. The van der Waals surface area contributed by atoms with E-state index in [1.165, 1.54) is 198 Å². The van der Waals surface area contributed by atoms with Crippen molar-refractivity contribution < 1.29 is 0 Å². The van der Waals surface area contributed by atoms with Crippen LogP contribution in [0.15, 0.2) is 347 Å². The zero-order valence-electron chi connectivity index (χ0n) is 65.7. The largest absolute Gasteiger partial charge is 0.309 e. The molecule has 0 aliphatic heterocycles. The van der Waals surface area contributed by atoms with E-state index in [0.717, 1.165) is 85.9 Å². The van der Waals surface area contributed by atoms with E-state index in [1.807, 2.05) is 92.6 Å². The van der Waals surface area contributed by atoms with Crippen molar-refractivity contribution >= 4 is 180 Å². The van der Waals surface area contributed by atoms with Gasteiger partial charge < -0.3 is 13.7 Å². The number of benzene rings is 12. The van der Waals surface area contributed by atoms with Gasteiger partial charge in [-0.3, -0.25) is 43.1 Å². The minimum Gasteiger partial charge on any atom is -0.309 e. The van der Waals surface area contributed by atoms with E-state index >= 15 is 0 Å². The smallest absolute Gasteiger partial charge is 0.146 e. The van der Waals surface area contributed by atoms with Crippen LogP contribution < -0.4 is 0 Å². The van der Waals surface area contributed by atoms with Gasteiger partial charge in [0.15, 0.2) is 0 Å². The van der Waals surface area contributed by atoms with Crippen LogP contribution in [-0.2, 0) is 19.3 Å². The van der Waals surface area contributed by atoms with Gasteiger partial charge in [-0.05, 0) is 199 Å². The standard InChI is InChI=1S/3C36H21N5/c1-2-6-22(7-3-1)40-31-9-5-4-8-24(31)28-16-21-17-29-23(27(21)18-32(28)40)10-11-26-25-12-14-37-19-33(25)41-34-20-38-15-13-30(34)39-36(41)35(26)29;1-2-6-22(7-3-1)40-30-9-5-4-8-23(30)27-11-10-21-18-28-26(33(21)35(27)40)13-12-25-24-14-16-37-19-31(24)41-32-20-38-17-15-29(32)39-36(41)34(25)28;1-2-6-21(7-3-1)40-30-9-5-4-8-26(30)34-27-18-28-22(23(27)12-13-31(34)40)10-11-25-24-14-16-37-19-32(24)41-33-20-38-17-15-29(33)39-36(41)35(25)28/h1-16,18-20H,17H2;2*1-17,19-20H,18H2. The Morgan fingerprint density at radius 1 is 0.211 bits per heavy atom. The van der Waals surface area contributed by atoms with Gasteiger partial charge in [0.05, 0.1) is 120 Å². The summed E-state index contributed by atoms with van der Waals surface area (Å²) in [4.78, 5) is 42.3. The molecule has 15 heterocycles. The second kappa shape index (κ2) is 25.0. The lowest BCUT2D eigenvalue weighted by Gasteiger charge is -2.13. The van der Waals surface area contributed by atoms with Crippen LogP contribution in [0.5, 0.6) is 0 Å². The molecule has 0 N–H and O–H groups in total. The summed E-state index contributed by atoms with van der Waals surface area (Å²) in [5.74, 6) is 0. The van der Waals surface area contributed by atoms with Crippen LogP contribution in [0.1, 0.15) is 33.4 Å². The van der Waals surface area contributed by atoms with Crippen molar-refractivity contribution in [3.8, 4) is 50.4 Å². The predicted molar refractivity (Wildman–Crippen MR) is 498 cm³/mol. The molecule has 0 fully saturated rings. The lowest BCUT2D eigenvalue weighted by atomic mass is 9.97. The Hall–Kier alpha value is -16.7. The molecule has 0 spiro atoms. The van der Waals surface area contributed by atoms with Gasteiger partial charge >= 0.3 is 0 Å². The van der Waals surface area contributed by atoms with Gasteiger partial charge in [-0.2, -0.15) is 0 Å². The Bertz CT molecular complexity index is 9380. The third-order valence-electron chi connectivity index (χ3n) is 26.7. The third kappa shape index (κ3) is 9.12. The van der Waals surface area contributed by atoms with Crippen LogP contribution >= 0.6 is 0 Å². The summed E-state index contributed by atoms with van der Waals surface area (Å²) in [5, 5.41) is 18.6. The Morgan fingerprint density at radius 3 is 1.10 bits per heavy atom.